The van der Waals surface area contributed by atoms with Gasteiger partial charge in [-0.1, -0.05) is 40.5 Å². The lowest BCUT2D eigenvalue weighted by molar-refractivity contribution is -0.311. The van der Waals surface area contributed by atoms with Crippen LogP contribution in [0.3, 0.4) is 0 Å². The van der Waals surface area contributed by atoms with Crippen molar-refractivity contribution in [2.75, 3.05) is 0 Å². The zero-order valence-electron chi connectivity index (χ0n) is 21.6. The Balaban J connectivity index is 0.00000306. The highest BCUT2D eigenvalue weighted by atomic mass is 16.5. The first kappa shape index (κ1) is 26.9. The minimum Gasteiger partial charge on any atom is -0.550 e. The van der Waals surface area contributed by atoms with Gasteiger partial charge in [-0.25, -0.2) is 0 Å². The van der Waals surface area contributed by atoms with E-state index >= 15 is 0 Å². The largest absolute Gasteiger partial charge is 0.550 e. The molecule has 33 heavy (non-hydrogen) atoms. The fourth-order valence-corrected chi connectivity index (χ4v) is 9.31. The van der Waals surface area contributed by atoms with Gasteiger partial charge in [0.05, 0.1) is 0 Å². The van der Waals surface area contributed by atoms with Gasteiger partial charge in [0.25, 0.3) is 0 Å². The molecule has 6 heteroatoms. The Morgan fingerprint density at radius 3 is 2.30 bits per heavy atom. The zero-order chi connectivity index (χ0) is 23.5. The van der Waals surface area contributed by atoms with Crippen LogP contribution in [-0.2, 0) is 4.79 Å². The number of aliphatic hydroxyl groups is 3. The lowest BCUT2D eigenvalue weighted by Gasteiger charge is -2.62. The molecular weight excluding hydrogens is 418 g/mol. The summed E-state index contributed by atoms with van der Waals surface area (Å²) >= 11 is 0. The Morgan fingerprint density at radius 2 is 1.64 bits per heavy atom. The summed E-state index contributed by atoms with van der Waals surface area (Å²) in [4.78, 5) is 11.0. The molecular formula is C27H49NO5. The monoisotopic (exact) mass is 467 g/mol. The average Bonchev–Trinajstić information content (AvgIpc) is 3.06. The van der Waals surface area contributed by atoms with Crippen LogP contribution < -0.4 is 11.3 Å². The molecule has 0 bridgehead atoms. The predicted molar refractivity (Wildman–Crippen MR) is 127 cm³/mol. The van der Waals surface area contributed by atoms with E-state index in [-0.39, 0.29) is 23.4 Å². The van der Waals surface area contributed by atoms with Crippen LogP contribution in [0.1, 0.15) is 98.3 Å². The third-order valence-corrected chi connectivity index (χ3v) is 11.2. The Kier molecular flexibility index (Phi) is 7.67. The van der Waals surface area contributed by atoms with Gasteiger partial charge in [-0.15, -0.1) is 0 Å². The quantitative estimate of drug-likeness (QED) is 0.439. The number of rotatable bonds is 6. The van der Waals surface area contributed by atoms with E-state index in [9.17, 15) is 25.2 Å². The normalized spacial score (nSPS) is 45.7. The minimum absolute atomic E-state index is 0. The Bertz CT molecular complexity index is 713. The van der Waals surface area contributed by atoms with Gasteiger partial charge in [-0.05, 0) is 104 Å². The lowest BCUT2D eigenvalue weighted by Crippen LogP contribution is -2.60. The predicted octanol–water partition coefficient (Wildman–Crippen LogP) is 3.87. The van der Waals surface area contributed by atoms with Crippen molar-refractivity contribution in [2.24, 2.45) is 52.3 Å². The van der Waals surface area contributed by atoms with E-state index in [4.69, 9.17) is 0 Å². The van der Waals surface area contributed by atoms with E-state index in [1.54, 1.807) is 6.92 Å². The molecule has 7 N–H and O–H groups in total. The first-order valence-corrected chi connectivity index (χ1v) is 13.2. The summed E-state index contributed by atoms with van der Waals surface area (Å²) in [5.41, 5.74) is 0.359. The van der Waals surface area contributed by atoms with E-state index in [2.05, 4.69) is 20.8 Å². The van der Waals surface area contributed by atoms with Gasteiger partial charge >= 0.3 is 0 Å². The van der Waals surface area contributed by atoms with E-state index in [1.165, 1.54) is 32.1 Å². The third kappa shape index (κ3) is 4.50. The van der Waals surface area contributed by atoms with E-state index in [0.29, 0.717) is 48.3 Å². The number of aliphatic carboxylic acids is 1. The number of hydrogen-bond donors (Lipinski definition) is 4. The summed E-state index contributed by atoms with van der Waals surface area (Å²) < 4.78 is 0. The molecule has 0 aromatic rings. The second-order valence-corrected chi connectivity index (χ2v) is 12.8. The van der Waals surface area contributed by atoms with Gasteiger partial charge in [0, 0.05) is 12.4 Å². The molecule has 0 radical (unpaired) electrons. The maximum Gasteiger partial charge on any atom is 0.189 e. The Labute approximate surface area is 200 Å². The third-order valence-electron chi connectivity index (χ3n) is 11.2. The van der Waals surface area contributed by atoms with Gasteiger partial charge in [-0.3, -0.25) is 0 Å². The number of carbonyl (C=O) groups excluding carboxylic acids is 1. The van der Waals surface area contributed by atoms with Crippen LogP contribution in [0.25, 0.3) is 0 Å². The van der Waals surface area contributed by atoms with Gasteiger partial charge in [0.1, 0.15) is 6.10 Å². The smallest absolute Gasteiger partial charge is 0.189 e. The molecule has 4 saturated carbocycles. The molecule has 4 aliphatic rings. The summed E-state index contributed by atoms with van der Waals surface area (Å²) in [6, 6.07) is 0. The molecule has 0 heterocycles. The molecule has 4 fully saturated rings. The van der Waals surface area contributed by atoms with Crippen molar-refractivity contribution in [3.05, 3.63) is 0 Å². The number of hydrogen-bond acceptors (Lipinski definition) is 5. The van der Waals surface area contributed by atoms with Crippen molar-refractivity contribution >= 4 is 5.97 Å². The van der Waals surface area contributed by atoms with Crippen molar-refractivity contribution in [1.29, 1.82) is 0 Å². The lowest BCUT2D eigenvalue weighted by atomic mass is 9.44. The van der Waals surface area contributed by atoms with Crippen LogP contribution in [-0.4, -0.2) is 33.2 Å². The average molecular weight is 468 g/mol. The van der Waals surface area contributed by atoms with Crippen molar-refractivity contribution in [2.45, 2.75) is 110 Å². The van der Waals surface area contributed by atoms with Crippen molar-refractivity contribution in [3.63, 3.8) is 0 Å². The first-order chi connectivity index (χ1) is 14.9. The van der Waals surface area contributed by atoms with Crippen LogP contribution >= 0.6 is 0 Å². The maximum atomic E-state index is 11.0. The highest BCUT2D eigenvalue weighted by Gasteiger charge is 2.63. The first-order valence-electron chi connectivity index (χ1n) is 13.2. The van der Waals surface area contributed by atoms with Gasteiger partial charge in [0.2, 0.25) is 0 Å². The number of carboxylic acid groups (broad SMARTS) is 1. The highest BCUT2D eigenvalue weighted by molar-refractivity contribution is 5.66. The zero-order valence-corrected chi connectivity index (χ0v) is 21.6. The minimum atomic E-state index is -1.93. The van der Waals surface area contributed by atoms with Crippen LogP contribution in [0, 0.1) is 52.3 Å². The number of aliphatic hydroxyl groups excluding tert-OH is 1. The summed E-state index contributed by atoms with van der Waals surface area (Å²) in [6.07, 6.45) is 9.74. The van der Waals surface area contributed by atoms with Gasteiger partial charge in [0.15, 0.2) is 5.79 Å². The van der Waals surface area contributed by atoms with Gasteiger partial charge in [-0.2, -0.15) is 0 Å². The molecule has 4 rings (SSSR count). The van der Waals surface area contributed by atoms with E-state index in [1.807, 2.05) is 0 Å². The SMILES string of the molecule is CC(CCC[C@@H](C)[C@H]1CC[C@H]2[C@@H]3CCC4CC(O)(O)C(O)C[C@]4(C)[C@H]3CC[C@]12C)C(=O)[O-].[NH4+]. The summed E-state index contributed by atoms with van der Waals surface area (Å²) in [5.74, 6) is 0.366. The van der Waals surface area contributed by atoms with Crippen molar-refractivity contribution in [1.82, 2.24) is 6.15 Å². The number of quaternary nitrogens is 1. The highest BCUT2D eigenvalue weighted by Crippen LogP contribution is 2.68. The molecule has 192 valence electrons. The van der Waals surface area contributed by atoms with Crippen LogP contribution in [0.4, 0.5) is 0 Å². The van der Waals surface area contributed by atoms with Crippen LogP contribution in [0.15, 0.2) is 0 Å². The topological polar surface area (TPSA) is 137 Å². The molecule has 4 aliphatic carbocycles. The maximum absolute atomic E-state index is 11.0. The standard InChI is InChI=1S/C27H46O5.H3N/c1-16(6-5-7-17(2)24(29)30)20-10-11-21-19-9-8-18-14-27(31,32)23(28)15-26(18,4)22(19)12-13-25(20,21)3;/h16-23,28,31-32H,5-15H2,1-4H3,(H,29,30);1H3/t16-,17?,18?,19+,20-,21+,22+,23?,25-,26+;/m1./s1. The van der Waals surface area contributed by atoms with Crippen LogP contribution in [0.2, 0.25) is 0 Å². The molecule has 6 nitrogen and oxygen atoms in total. The molecule has 0 spiro atoms. The molecule has 0 aliphatic heterocycles. The Morgan fingerprint density at radius 1 is 0.970 bits per heavy atom. The number of carboxylic acids is 1. The molecule has 10 atom stereocenters. The van der Waals surface area contributed by atoms with Crippen molar-refractivity contribution in [3.8, 4) is 0 Å². The summed E-state index contributed by atoms with van der Waals surface area (Å²) in [6.45, 7) is 8.99. The fraction of sp³-hybridized carbons (Fsp3) is 0.963. The summed E-state index contributed by atoms with van der Waals surface area (Å²) in [5, 5.41) is 42.1. The Hall–Kier alpha value is -0.690. The molecule has 0 saturated heterocycles. The summed E-state index contributed by atoms with van der Waals surface area (Å²) in [7, 11) is 0. The second kappa shape index (κ2) is 9.40. The van der Waals surface area contributed by atoms with Gasteiger partial charge < -0.3 is 31.4 Å². The number of carbonyl (C=O) groups is 1. The molecule has 0 aromatic heterocycles. The van der Waals surface area contributed by atoms with Crippen LogP contribution in [0.5, 0.6) is 0 Å². The number of fused-ring (bicyclic) bond motifs is 5. The van der Waals surface area contributed by atoms with Crippen molar-refractivity contribution < 1.29 is 25.2 Å². The fourth-order valence-electron chi connectivity index (χ4n) is 9.31. The molecule has 3 unspecified atom stereocenters. The van der Waals surface area contributed by atoms with E-state index in [0.717, 1.165) is 25.2 Å². The molecule has 0 amide bonds. The van der Waals surface area contributed by atoms with E-state index < -0.39 is 17.9 Å². The molecule has 0 aromatic carbocycles. The second-order valence-electron chi connectivity index (χ2n) is 12.8.